The first-order valence-electron chi connectivity index (χ1n) is 6.25. The van der Waals surface area contributed by atoms with Gasteiger partial charge in [0.05, 0.1) is 0 Å². The highest BCUT2D eigenvalue weighted by Gasteiger charge is 2.40. The molecular formula is C12H22N2. The SMILES string of the molecule is CN1CC2C[C@@H](C1)CN1CCCCC21. The minimum absolute atomic E-state index is 0.947. The highest BCUT2D eigenvalue weighted by atomic mass is 15.2. The van der Waals surface area contributed by atoms with E-state index in [2.05, 4.69) is 16.8 Å². The molecule has 3 fully saturated rings. The van der Waals surface area contributed by atoms with Crippen molar-refractivity contribution >= 4 is 0 Å². The third kappa shape index (κ3) is 1.49. The Bertz CT molecular complexity index is 214. The van der Waals surface area contributed by atoms with Gasteiger partial charge in [0.1, 0.15) is 0 Å². The molecule has 80 valence electrons. The van der Waals surface area contributed by atoms with Crippen molar-refractivity contribution in [1.82, 2.24) is 9.80 Å². The molecule has 0 radical (unpaired) electrons. The van der Waals surface area contributed by atoms with Gasteiger partial charge in [0.2, 0.25) is 0 Å². The average molecular weight is 194 g/mol. The molecule has 0 N–H and O–H groups in total. The Labute approximate surface area is 87.3 Å². The minimum Gasteiger partial charge on any atom is -0.306 e. The van der Waals surface area contributed by atoms with Crippen molar-refractivity contribution in [2.24, 2.45) is 11.8 Å². The van der Waals surface area contributed by atoms with Gasteiger partial charge in [-0.3, -0.25) is 4.90 Å². The predicted octanol–water partition coefficient (Wildman–Crippen LogP) is 1.42. The fourth-order valence-electron chi connectivity index (χ4n) is 4.01. The van der Waals surface area contributed by atoms with E-state index in [-0.39, 0.29) is 0 Å². The van der Waals surface area contributed by atoms with Crippen LogP contribution >= 0.6 is 0 Å². The van der Waals surface area contributed by atoms with Gasteiger partial charge in [-0.05, 0) is 44.7 Å². The smallest absolute Gasteiger partial charge is 0.0136 e. The molecule has 0 spiro atoms. The van der Waals surface area contributed by atoms with E-state index >= 15 is 0 Å². The molecule has 0 aromatic carbocycles. The Morgan fingerprint density at radius 2 is 2.00 bits per heavy atom. The number of hydrogen-bond donors (Lipinski definition) is 0. The molecule has 3 aliphatic rings. The van der Waals surface area contributed by atoms with Crippen molar-refractivity contribution in [3.8, 4) is 0 Å². The second-order valence-electron chi connectivity index (χ2n) is 5.64. The maximum atomic E-state index is 2.80. The van der Waals surface area contributed by atoms with Crippen LogP contribution in [0.5, 0.6) is 0 Å². The lowest BCUT2D eigenvalue weighted by Crippen LogP contribution is -2.58. The minimum atomic E-state index is 0.947. The largest absolute Gasteiger partial charge is 0.306 e. The average Bonchev–Trinajstić information content (AvgIpc) is 2.17. The fraction of sp³-hybridized carbons (Fsp3) is 1.00. The fourth-order valence-corrected chi connectivity index (χ4v) is 4.01. The highest BCUT2D eigenvalue weighted by Crippen LogP contribution is 2.36. The maximum absolute atomic E-state index is 2.80. The van der Waals surface area contributed by atoms with Gasteiger partial charge in [0.15, 0.2) is 0 Å². The van der Waals surface area contributed by atoms with E-state index in [4.69, 9.17) is 0 Å². The monoisotopic (exact) mass is 194 g/mol. The number of rotatable bonds is 0. The van der Waals surface area contributed by atoms with Crippen LogP contribution < -0.4 is 0 Å². The van der Waals surface area contributed by atoms with Gasteiger partial charge < -0.3 is 4.90 Å². The van der Waals surface area contributed by atoms with E-state index in [1.807, 2.05) is 0 Å². The molecule has 2 bridgehead atoms. The van der Waals surface area contributed by atoms with Crippen LogP contribution in [-0.4, -0.2) is 49.1 Å². The molecule has 2 unspecified atom stereocenters. The lowest BCUT2D eigenvalue weighted by Gasteiger charge is -2.52. The Kier molecular flexibility index (Phi) is 2.29. The van der Waals surface area contributed by atoms with Crippen molar-refractivity contribution in [1.29, 1.82) is 0 Å². The lowest BCUT2D eigenvalue weighted by molar-refractivity contribution is -0.0231. The summed E-state index contributed by atoms with van der Waals surface area (Å²) in [5.41, 5.74) is 0. The summed E-state index contributed by atoms with van der Waals surface area (Å²) in [4.78, 5) is 5.36. The van der Waals surface area contributed by atoms with E-state index in [1.54, 1.807) is 0 Å². The predicted molar refractivity (Wildman–Crippen MR) is 58.3 cm³/mol. The maximum Gasteiger partial charge on any atom is 0.0136 e. The van der Waals surface area contributed by atoms with Crippen LogP contribution in [-0.2, 0) is 0 Å². The zero-order valence-electron chi connectivity index (χ0n) is 9.28. The quantitative estimate of drug-likeness (QED) is 0.575. The summed E-state index contributed by atoms with van der Waals surface area (Å²) >= 11 is 0. The van der Waals surface area contributed by atoms with E-state index < -0.39 is 0 Å². The molecule has 0 saturated carbocycles. The number of nitrogens with zero attached hydrogens (tertiary/aromatic N) is 2. The van der Waals surface area contributed by atoms with Crippen molar-refractivity contribution in [2.75, 3.05) is 33.2 Å². The number of hydrogen-bond acceptors (Lipinski definition) is 2. The Morgan fingerprint density at radius 3 is 2.93 bits per heavy atom. The van der Waals surface area contributed by atoms with Gasteiger partial charge in [-0.15, -0.1) is 0 Å². The van der Waals surface area contributed by atoms with Gasteiger partial charge >= 0.3 is 0 Å². The number of fused-ring (bicyclic) bond motifs is 4. The first-order chi connectivity index (χ1) is 6.83. The second-order valence-corrected chi connectivity index (χ2v) is 5.64. The molecular weight excluding hydrogens is 172 g/mol. The molecule has 3 rings (SSSR count). The first kappa shape index (κ1) is 9.17. The summed E-state index contributed by atoms with van der Waals surface area (Å²) < 4.78 is 0. The van der Waals surface area contributed by atoms with E-state index in [0.717, 1.165) is 17.9 Å². The van der Waals surface area contributed by atoms with Crippen LogP contribution in [0.3, 0.4) is 0 Å². The third-order valence-corrected chi connectivity index (χ3v) is 4.45. The molecule has 2 nitrogen and oxygen atoms in total. The Morgan fingerprint density at radius 1 is 1.07 bits per heavy atom. The lowest BCUT2D eigenvalue weighted by atomic mass is 9.76. The van der Waals surface area contributed by atoms with Crippen LogP contribution in [0, 0.1) is 11.8 Å². The Hall–Kier alpha value is -0.0800. The van der Waals surface area contributed by atoms with Crippen molar-refractivity contribution in [3.63, 3.8) is 0 Å². The van der Waals surface area contributed by atoms with Gasteiger partial charge in [-0.2, -0.15) is 0 Å². The molecule has 3 saturated heterocycles. The molecule has 2 heteroatoms. The van der Waals surface area contributed by atoms with Gasteiger partial charge in [0.25, 0.3) is 0 Å². The van der Waals surface area contributed by atoms with Crippen LogP contribution in [0.4, 0.5) is 0 Å². The highest BCUT2D eigenvalue weighted by molar-refractivity contribution is 4.94. The van der Waals surface area contributed by atoms with Crippen molar-refractivity contribution in [3.05, 3.63) is 0 Å². The van der Waals surface area contributed by atoms with Crippen LogP contribution in [0.15, 0.2) is 0 Å². The standard InChI is InChI=1S/C12H22N2/c1-13-7-10-6-11(9-13)12-4-2-3-5-14(12)8-10/h10-12H,2-9H2,1H3/t10-,11?,12?/m0/s1. The molecule has 3 heterocycles. The zero-order chi connectivity index (χ0) is 9.54. The number of piperidine rings is 3. The van der Waals surface area contributed by atoms with E-state index in [1.165, 1.54) is 51.9 Å². The van der Waals surface area contributed by atoms with Crippen LogP contribution in [0.25, 0.3) is 0 Å². The molecule has 3 aliphatic heterocycles. The third-order valence-electron chi connectivity index (χ3n) is 4.45. The molecule has 14 heavy (non-hydrogen) atoms. The van der Waals surface area contributed by atoms with E-state index in [9.17, 15) is 0 Å². The molecule has 0 aromatic heterocycles. The van der Waals surface area contributed by atoms with Gasteiger partial charge in [-0.1, -0.05) is 6.42 Å². The van der Waals surface area contributed by atoms with Crippen LogP contribution in [0.1, 0.15) is 25.7 Å². The Balaban J connectivity index is 1.76. The summed E-state index contributed by atoms with van der Waals surface area (Å²) in [7, 11) is 2.30. The summed E-state index contributed by atoms with van der Waals surface area (Å²) in [6, 6.07) is 0.947. The van der Waals surface area contributed by atoms with Gasteiger partial charge in [-0.25, -0.2) is 0 Å². The van der Waals surface area contributed by atoms with E-state index in [0.29, 0.717) is 0 Å². The summed E-state index contributed by atoms with van der Waals surface area (Å²) in [6.45, 7) is 5.49. The van der Waals surface area contributed by atoms with Crippen molar-refractivity contribution in [2.45, 2.75) is 31.7 Å². The van der Waals surface area contributed by atoms with Gasteiger partial charge in [0, 0.05) is 25.7 Å². The van der Waals surface area contributed by atoms with Crippen molar-refractivity contribution < 1.29 is 0 Å². The first-order valence-corrected chi connectivity index (χ1v) is 6.25. The molecule has 3 atom stereocenters. The topological polar surface area (TPSA) is 6.48 Å². The zero-order valence-corrected chi connectivity index (χ0v) is 9.28. The summed E-state index contributed by atoms with van der Waals surface area (Å²) in [5, 5.41) is 0. The molecule has 0 amide bonds. The number of likely N-dealkylation sites (tertiary alicyclic amines) is 1. The molecule has 0 aliphatic carbocycles. The molecule has 0 aromatic rings. The second kappa shape index (κ2) is 3.49. The summed E-state index contributed by atoms with van der Waals surface area (Å²) in [5.74, 6) is 1.97. The summed E-state index contributed by atoms with van der Waals surface area (Å²) in [6.07, 6.45) is 5.93. The van der Waals surface area contributed by atoms with Crippen LogP contribution in [0.2, 0.25) is 0 Å². The normalized spacial score (nSPS) is 44.8.